The quantitative estimate of drug-likeness (QED) is 0.368. The zero-order valence-electron chi connectivity index (χ0n) is 20.5. The fourth-order valence-corrected chi connectivity index (χ4v) is 6.40. The number of likely N-dealkylation sites (N-methyl/N-ethyl adjacent to an activating group) is 1. The molecule has 0 saturated carbocycles. The van der Waals surface area contributed by atoms with E-state index >= 15 is 0 Å². The van der Waals surface area contributed by atoms with Crippen LogP contribution in [0.1, 0.15) is 27.5 Å². The summed E-state index contributed by atoms with van der Waals surface area (Å²) in [6.45, 7) is 0.248. The van der Waals surface area contributed by atoms with Crippen LogP contribution in [0.25, 0.3) is 0 Å². The smallest absolute Gasteiger partial charge is 0.340 e. The molecule has 1 saturated heterocycles. The van der Waals surface area contributed by atoms with Crippen LogP contribution >= 0.6 is 23.2 Å². The Bertz CT molecular complexity index is 1360. The van der Waals surface area contributed by atoms with Gasteiger partial charge >= 0.3 is 5.97 Å². The van der Waals surface area contributed by atoms with Crippen molar-refractivity contribution >= 4 is 45.1 Å². The monoisotopic (exact) mass is 576 g/mol. The Balaban J connectivity index is 1.52. The van der Waals surface area contributed by atoms with E-state index in [0.29, 0.717) is 0 Å². The molecule has 11 heteroatoms. The Kier molecular flexibility index (Phi) is 9.07. The molecule has 38 heavy (non-hydrogen) atoms. The van der Waals surface area contributed by atoms with E-state index in [0.717, 1.165) is 17.2 Å². The van der Waals surface area contributed by atoms with Gasteiger partial charge in [0.1, 0.15) is 4.90 Å². The molecule has 0 aliphatic carbocycles. The maximum absolute atomic E-state index is 13.1. The Morgan fingerprint density at radius 3 is 2.05 bits per heavy atom. The number of hydrogen-bond donors (Lipinski definition) is 0. The average Bonchev–Trinajstić information content (AvgIpc) is 2.93. The Hall–Kier alpha value is -2.95. The molecule has 1 aliphatic rings. The summed E-state index contributed by atoms with van der Waals surface area (Å²) in [5.41, 5.74) is 1.57. The predicted octanol–water partition coefficient (Wildman–Crippen LogP) is 4.42. The maximum atomic E-state index is 13.1. The number of morpholine rings is 1. The first kappa shape index (κ1) is 28.1. The zero-order valence-corrected chi connectivity index (χ0v) is 22.9. The maximum Gasteiger partial charge on any atom is 0.340 e. The highest BCUT2D eigenvalue weighted by Gasteiger charge is 2.31. The highest BCUT2D eigenvalue weighted by atomic mass is 35.5. The summed E-state index contributed by atoms with van der Waals surface area (Å²) in [6, 6.07) is 20.8. The van der Waals surface area contributed by atoms with Crippen molar-refractivity contribution in [2.75, 3.05) is 40.0 Å². The van der Waals surface area contributed by atoms with Crippen LogP contribution in [0, 0.1) is 0 Å². The van der Waals surface area contributed by atoms with E-state index < -0.39 is 34.5 Å². The van der Waals surface area contributed by atoms with Crippen LogP contribution in [-0.4, -0.2) is 69.5 Å². The molecular formula is C27H26Cl2N2O6S. The van der Waals surface area contributed by atoms with Gasteiger partial charge in [0.15, 0.2) is 6.61 Å². The molecule has 1 heterocycles. The molecule has 0 radical (unpaired) electrons. The van der Waals surface area contributed by atoms with Gasteiger partial charge in [-0.25, -0.2) is 13.2 Å². The number of nitrogens with zero attached hydrogens (tertiary/aromatic N) is 2. The first-order valence-electron chi connectivity index (χ1n) is 11.8. The van der Waals surface area contributed by atoms with Crippen LogP contribution in [0.15, 0.2) is 77.7 Å². The van der Waals surface area contributed by atoms with Gasteiger partial charge in [-0.15, -0.1) is 0 Å². The highest BCUT2D eigenvalue weighted by Crippen LogP contribution is 2.32. The first-order valence-corrected chi connectivity index (χ1v) is 14.0. The van der Waals surface area contributed by atoms with Crippen molar-refractivity contribution in [3.8, 4) is 0 Å². The molecule has 4 rings (SSSR count). The lowest BCUT2D eigenvalue weighted by atomic mass is 9.97. The van der Waals surface area contributed by atoms with Gasteiger partial charge in [-0.05, 0) is 23.3 Å². The summed E-state index contributed by atoms with van der Waals surface area (Å²) in [5.74, 6) is -1.40. The van der Waals surface area contributed by atoms with Gasteiger partial charge in [0.25, 0.3) is 5.91 Å². The SMILES string of the molecule is CN(C(=O)COC(=O)c1cc(S(=O)(=O)N2CCOCC2)c(Cl)cc1Cl)C(c1ccccc1)c1ccccc1. The zero-order chi connectivity index (χ0) is 27.3. The molecule has 200 valence electrons. The standard InChI is InChI=1S/C27H26Cl2N2O6S/c1-30(26(19-8-4-2-5-9-19)20-10-6-3-7-11-20)25(32)18-37-27(33)21-16-24(23(29)17-22(21)28)38(34,35)31-12-14-36-15-13-31/h2-11,16-17,26H,12-15,18H2,1H3. The van der Waals surface area contributed by atoms with Crippen LogP contribution in [0.3, 0.4) is 0 Å². The van der Waals surface area contributed by atoms with E-state index in [2.05, 4.69) is 0 Å². The minimum absolute atomic E-state index is 0.0896. The van der Waals surface area contributed by atoms with Gasteiger partial charge in [0.2, 0.25) is 10.0 Å². The molecule has 0 unspecified atom stereocenters. The Morgan fingerprint density at radius 2 is 1.50 bits per heavy atom. The summed E-state index contributed by atoms with van der Waals surface area (Å²) in [7, 11) is -2.37. The van der Waals surface area contributed by atoms with Gasteiger partial charge < -0.3 is 14.4 Å². The third-order valence-electron chi connectivity index (χ3n) is 6.17. The second-order valence-corrected chi connectivity index (χ2v) is 11.3. The number of rotatable bonds is 8. The van der Waals surface area contributed by atoms with Crippen molar-refractivity contribution in [3.05, 3.63) is 99.5 Å². The Morgan fingerprint density at radius 1 is 0.947 bits per heavy atom. The highest BCUT2D eigenvalue weighted by molar-refractivity contribution is 7.89. The van der Waals surface area contributed by atoms with Gasteiger partial charge in [0.05, 0.1) is 34.9 Å². The number of hydrogen-bond acceptors (Lipinski definition) is 6. The van der Waals surface area contributed by atoms with E-state index in [1.165, 1.54) is 15.3 Å². The normalized spacial score (nSPS) is 14.3. The number of halogens is 2. The van der Waals surface area contributed by atoms with E-state index in [1.54, 1.807) is 7.05 Å². The second kappa shape index (κ2) is 12.3. The van der Waals surface area contributed by atoms with Crippen molar-refractivity contribution in [1.29, 1.82) is 0 Å². The molecular weight excluding hydrogens is 551 g/mol. The number of amides is 1. The van der Waals surface area contributed by atoms with Crippen LogP contribution in [0.2, 0.25) is 10.0 Å². The van der Waals surface area contributed by atoms with Crippen molar-refractivity contribution in [2.45, 2.75) is 10.9 Å². The molecule has 0 atom stereocenters. The van der Waals surface area contributed by atoms with Crippen molar-refractivity contribution in [2.24, 2.45) is 0 Å². The average molecular weight is 577 g/mol. The van der Waals surface area contributed by atoms with Gasteiger partial charge in [-0.3, -0.25) is 4.79 Å². The largest absolute Gasteiger partial charge is 0.452 e. The molecule has 3 aromatic carbocycles. The third-order valence-corrected chi connectivity index (χ3v) is 8.84. The van der Waals surface area contributed by atoms with E-state index in [-0.39, 0.29) is 46.8 Å². The summed E-state index contributed by atoms with van der Waals surface area (Å²) in [4.78, 5) is 27.3. The summed E-state index contributed by atoms with van der Waals surface area (Å²) < 4.78 is 38.0. The van der Waals surface area contributed by atoms with Crippen LogP contribution < -0.4 is 0 Å². The predicted molar refractivity (Wildman–Crippen MR) is 144 cm³/mol. The number of ether oxygens (including phenoxy) is 2. The number of sulfonamides is 1. The lowest BCUT2D eigenvalue weighted by Gasteiger charge is -2.29. The minimum Gasteiger partial charge on any atom is -0.452 e. The van der Waals surface area contributed by atoms with E-state index in [1.807, 2.05) is 60.7 Å². The lowest BCUT2D eigenvalue weighted by Crippen LogP contribution is -2.40. The molecule has 3 aromatic rings. The molecule has 0 aromatic heterocycles. The molecule has 1 amide bonds. The molecule has 8 nitrogen and oxygen atoms in total. The minimum atomic E-state index is -4.00. The number of carbonyl (C=O) groups is 2. The summed E-state index contributed by atoms with van der Waals surface area (Å²) in [5, 5.41) is -0.212. The van der Waals surface area contributed by atoms with Crippen LogP contribution in [0.4, 0.5) is 0 Å². The molecule has 0 spiro atoms. The number of benzene rings is 3. The first-order chi connectivity index (χ1) is 18.2. The third kappa shape index (κ3) is 6.19. The molecule has 1 aliphatic heterocycles. The summed E-state index contributed by atoms with van der Waals surface area (Å²) in [6.07, 6.45) is 0. The Labute approximate surface area is 231 Å². The van der Waals surface area contributed by atoms with E-state index in [9.17, 15) is 18.0 Å². The van der Waals surface area contributed by atoms with Crippen LogP contribution in [0.5, 0.6) is 0 Å². The topological polar surface area (TPSA) is 93.2 Å². The fourth-order valence-electron chi connectivity index (χ4n) is 4.17. The molecule has 1 fully saturated rings. The van der Waals surface area contributed by atoms with Crippen LogP contribution in [-0.2, 0) is 24.3 Å². The lowest BCUT2D eigenvalue weighted by molar-refractivity contribution is -0.134. The second-order valence-electron chi connectivity index (χ2n) is 8.58. The van der Waals surface area contributed by atoms with Crippen molar-refractivity contribution in [1.82, 2.24) is 9.21 Å². The van der Waals surface area contributed by atoms with Gasteiger partial charge in [-0.2, -0.15) is 4.31 Å². The molecule has 0 bridgehead atoms. The molecule has 0 N–H and O–H groups in total. The number of esters is 1. The van der Waals surface area contributed by atoms with Gasteiger partial charge in [0, 0.05) is 20.1 Å². The number of carbonyl (C=O) groups excluding carboxylic acids is 2. The van der Waals surface area contributed by atoms with Crippen molar-refractivity contribution in [3.63, 3.8) is 0 Å². The fraction of sp³-hybridized carbons (Fsp3) is 0.259. The summed E-state index contributed by atoms with van der Waals surface area (Å²) >= 11 is 12.4. The van der Waals surface area contributed by atoms with Gasteiger partial charge in [-0.1, -0.05) is 83.9 Å². The van der Waals surface area contributed by atoms with Crippen molar-refractivity contribution < 1.29 is 27.5 Å². The van der Waals surface area contributed by atoms with E-state index in [4.69, 9.17) is 32.7 Å².